The molecule has 0 spiro atoms. The highest BCUT2D eigenvalue weighted by molar-refractivity contribution is 5.94. The van der Waals surface area contributed by atoms with Gasteiger partial charge in [-0.1, -0.05) is 13.8 Å². The van der Waals surface area contributed by atoms with Crippen LogP contribution in [-0.4, -0.2) is 23.0 Å². The van der Waals surface area contributed by atoms with Crippen molar-refractivity contribution in [3.8, 4) is 0 Å². The molecule has 0 saturated heterocycles. The predicted octanol–water partition coefficient (Wildman–Crippen LogP) is 0.868. The van der Waals surface area contributed by atoms with Crippen molar-refractivity contribution in [2.24, 2.45) is 11.7 Å². The van der Waals surface area contributed by atoms with E-state index < -0.39 is 5.54 Å². The van der Waals surface area contributed by atoms with Crippen molar-refractivity contribution in [3.05, 3.63) is 34.2 Å². The maximum absolute atomic E-state index is 12.0. The first-order chi connectivity index (χ1) is 8.38. The molecule has 18 heavy (non-hydrogen) atoms. The number of pyridine rings is 1. The molecule has 100 valence electrons. The minimum absolute atomic E-state index is 0.112. The van der Waals surface area contributed by atoms with Gasteiger partial charge in [-0.2, -0.15) is 0 Å². The molecule has 0 bridgehead atoms. The highest BCUT2D eigenvalue weighted by Gasteiger charge is 2.26. The van der Waals surface area contributed by atoms with Gasteiger partial charge in [0, 0.05) is 30.5 Å². The summed E-state index contributed by atoms with van der Waals surface area (Å²) in [6.07, 6.45) is 3.67. The Morgan fingerprint density at radius 1 is 1.56 bits per heavy atom. The van der Waals surface area contributed by atoms with Crippen LogP contribution in [0.4, 0.5) is 0 Å². The van der Waals surface area contributed by atoms with E-state index in [-0.39, 0.29) is 16.9 Å². The third-order valence-corrected chi connectivity index (χ3v) is 2.79. The summed E-state index contributed by atoms with van der Waals surface area (Å²) in [4.78, 5) is 26.3. The Morgan fingerprint density at radius 2 is 2.22 bits per heavy atom. The number of aromatic amines is 1. The van der Waals surface area contributed by atoms with Crippen LogP contribution in [0.15, 0.2) is 23.3 Å². The first kappa shape index (κ1) is 14.4. The van der Waals surface area contributed by atoms with E-state index in [1.165, 1.54) is 18.5 Å². The Kier molecular flexibility index (Phi) is 4.67. The second-order valence-electron chi connectivity index (χ2n) is 5.24. The maximum Gasteiger partial charge on any atom is 0.257 e. The summed E-state index contributed by atoms with van der Waals surface area (Å²) in [6, 6.07) is 1.33. The molecule has 5 nitrogen and oxygen atoms in total. The largest absolute Gasteiger partial charge is 0.367 e. The van der Waals surface area contributed by atoms with Gasteiger partial charge in [0.15, 0.2) is 5.43 Å². The number of nitrogens with one attached hydrogen (secondary N) is 2. The molecule has 1 unspecified atom stereocenters. The number of H-pyrrole nitrogens is 1. The summed E-state index contributed by atoms with van der Waals surface area (Å²) < 4.78 is 0. The van der Waals surface area contributed by atoms with Gasteiger partial charge >= 0.3 is 0 Å². The highest BCUT2D eigenvalue weighted by Crippen LogP contribution is 2.15. The molecular weight excluding hydrogens is 230 g/mol. The van der Waals surface area contributed by atoms with Crippen molar-refractivity contribution in [3.63, 3.8) is 0 Å². The van der Waals surface area contributed by atoms with Gasteiger partial charge in [0.2, 0.25) is 0 Å². The van der Waals surface area contributed by atoms with Crippen molar-refractivity contribution < 1.29 is 4.79 Å². The minimum Gasteiger partial charge on any atom is -0.367 e. The van der Waals surface area contributed by atoms with Gasteiger partial charge in [0.1, 0.15) is 5.56 Å². The fourth-order valence-electron chi connectivity index (χ4n) is 2.02. The van der Waals surface area contributed by atoms with Crippen LogP contribution in [0.25, 0.3) is 0 Å². The van der Waals surface area contributed by atoms with Gasteiger partial charge in [0.25, 0.3) is 5.91 Å². The average Bonchev–Trinajstić information content (AvgIpc) is 2.28. The maximum atomic E-state index is 12.0. The summed E-state index contributed by atoms with van der Waals surface area (Å²) in [5, 5.41) is 2.85. The van der Waals surface area contributed by atoms with E-state index in [0.29, 0.717) is 12.5 Å². The van der Waals surface area contributed by atoms with Gasteiger partial charge in [-0.15, -0.1) is 0 Å². The summed E-state index contributed by atoms with van der Waals surface area (Å²) in [6.45, 7) is 6.36. The SMILES string of the molecule is CC(C)CC(C)(CN)NC(=O)c1c[nH]ccc1=O. The second-order valence-corrected chi connectivity index (χ2v) is 5.24. The van der Waals surface area contributed by atoms with Crippen LogP contribution in [0.3, 0.4) is 0 Å². The highest BCUT2D eigenvalue weighted by atomic mass is 16.2. The molecule has 0 saturated carbocycles. The summed E-state index contributed by atoms with van der Waals surface area (Å²) in [5.74, 6) is 0.0263. The molecule has 0 aromatic carbocycles. The lowest BCUT2D eigenvalue weighted by Crippen LogP contribution is -2.52. The number of nitrogens with two attached hydrogens (primary N) is 1. The van der Waals surface area contributed by atoms with Gasteiger partial charge in [-0.25, -0.2) is 0 Å². The van der Waals surface area contributed by atoms with Crippen LogP contribution in [0.1, 0.15) is 37.6 Å². The normalized spacial score (nSPS) is 14.3. The Balaban J connectivity index is 2.86. The number of carbonyl (C=O) groups is 1. The molecule has 4 N–H and O–H groups in total. The van der Waals surface area contributed by atoms with E-state index in [0.717, 1.165) is 6.42 Å². The smallest absolute Gasteiger partial charge is 0.257 e. The van der Waals surface area contributed by atoms with Gasteiger partial charge < -0.3 is 16.0 Å². The van der Waals surface area contributed by atoms with Crippen molar-refractivity contribution >= 4 is 5.91 Å². The molecule has 0 radical (unpaired) electrons. The molecule has 1 aromatic rings. The molecule has 1 aromatic heterocycles. The second kappa shape index (κ2) is 5.82. The zero-order chi connectivity index (χ0) is 13.8. The van der Waals surface area contributed by atoms with Crippen LogP contribution in [0.2, 0.25) is 0 Å². The van der Waals surface area contributed by atoms with Crippen molar-refractivity contribution in [2.45, 2.75) is 32.7 Å². The third kappa shape index (κ3) is 3.70. The Bertz CT molecular complexity index is 467. The van der Waals surface area contributed by atoms with Crippen LogP contribution in [-0.2, 0) is 0 Å². The van der Waals surface area contributed by atoms with E-state index >= 15 is 0 Å². The monoisotopic (exact) mass is 251 g/mol. The van der Waals surface area contributed by atoms with E-state index in [2.05, 4.69) is 24.1 Å². The first-order valence-electron chi connectivity index (χ1n) is 6.07. The fourth-order valence-corrected chi connectivity index (χ4v) is 2.02. The average molecular weight is 251 g/mol. The number of carbonyl (C=O) groups excluding carboxylic acids is 1. The van der Waals surface area contributed by atoms with Crippen molar-refractivity contribution in [2.75, 3.05) is 6.54 Å². The molecule has 1 heterocycles. The van der Waals surface area contributed by atoms with Crippen molar-refractivity contribution in [1.29, 1.82) is 0 Å². The number of hydrogen-bond acceptors (Lipinski definition) is 3. The lowest BCUT2D eigenvalue weighted by molar-refractivity contribution is 0.0897. The molecule has 0 fully saturated rings. The van der Waals surface area contributed by atoms with Gasteiger partial charge in [0.05, 0.1) is 0 Å². The Labute approximate surface area is 107 Å². The standard InChI is InChI=1S/C13H21N3O2/c1-9(2)6-13(3,8-14)16-12(18)10-7-15-5-4-11(10)17/h4-5,7,9H,6,8,14H2,1-3H3,(H,15,17)(H,16,18). The van der Waals surface area contributed by atoms with Crippen LogP contribution in [0.5, 0.6) is 0 Å². The summed E-state index contributed by atoms with van der Waals surface area (Å²) in [7, 11) is 0. The number of amides is 1. The number of rotatable bonds is 5. The first-order valence-corrected chi connectivity index (χ1v) is 6.07. The minimum atomic E-state index is -0.493. The van der Waals surface area contributed by atoms with E-state index in [1.807, 2.05) is 6.92 Å². The Hall–Kier alpha value is -1.62. The van der Waals surface area contributed by atoms with Gasteiger partial charge in [-0.05, 0) is 19.3 Å². The van der Waals surface area contributed by atoms with Crippen LogP contribution >= 0.6 is 0 Å². The molecule has 0 aliphatic rings. The third-order valence-electron chi connectivity index (χ3n) is 2.79. The summed E-state index contributed by atoms with van der Waals surface area (Å²) >= 11 is 0. The van der Waals surface area contributed by atoms with Crippen molar-refractivity contribution in [1.82, 2.24) is 10.3 Å². The Morgan fingerprint density at radius 3 is 2.72 bits per heavy atom. The fraction of sp³-hybridized carbons (Fsp3) is 0.538. The molecule has 1 rings (SSSR count). The molecule has 0 aliphatic carbocycles. The molecule has 5 heteroatoms. The van der Waals surface area contributed by atoms with Crippen LogP contribution in [0, 0.1) is 5.92 Å². The van der Waals surface area contributed by atoms with E-state index in [4.69, 9.17) is 5.73 Å². The number of aromatic nitrogens is 1. The lowest BCUT2D eigenvalue weighted by atomic mass is 9.90. The molecule has 0 aliphatic heterocycles. The quantitative estimate of drug-likeness (QED) is 0.725. The lowest BCUT2D eigenvalue weighted by Gasteiger charge is -2.31. The molecule has 1 amide bonds. The topological polar surface area (TPSA) is 88.0 Å². The van der Waals surface area contributed by atoms with E-state index in [1.54, 1.807) is 0 Å². The van der Waals surface area contributed by atoms with Gasteiger partial charge in [-0.3, -0.25) is 9.59 Å². The summed E-state index contributed by atoms with van der Waals surface area (Å²) in [5.41, 5.74) is 5.04. The predicted molar refractivity (Wildman–Crippen MR) is 71.4 cm³/mol. The number of hydrogen-bond donors (Lipinski definition) is 3. The zero-order valence-corrected chi connectivity index (χ0v) is 11.1. The zero-order valence-electron chi connectivity index (χ0n) is 11.1. The van der Waals surface area contributed by atoms with Crippen LogP contribution < -0.4 is 16.5 Å². The van der Waals surface area contributed by atoms with E-state index in [9.17, 15) is 9.59 Å². The molecule has 1 atom stereocenters. The molecular formula is C13H21N3O2.